The van der Waals surface area contributed by atoms with E-state index in [1.807, 2.05) is 18.7 Å². The number of piperazine rings is 1. The van der Waals surface area contributed by atoms with Crippen LogP contribution in [-0.2, 0) is 23.5 Å². The van der Waals surface area contributed by atoms with E-state index in [-0.39, 0.29) is 22.8 Å². The molecule has 0 amide bonds. The normalized spacial score (nSPS) is 15.7. The zero-order chi connectivity index (χ0) is 25.2. The van der Waals surface area contributed by atoms with Crippen molar-refractivity contribution >= 4 is 21.1 Å². The number of aryl methyl sites for hydroxylation is 2. The van der Waals surface area contributed by atoms with E-state index in [4.69, 9.17) is 14.8 Å². The van der Waals surface area contributed by atoms with Gasteiger partial charge in [-0.3, -0.25) is 14.4 Å². The zero-order valence-electron chi connectivity index (χ0n) is 20.3. The molecule has 12 heteroatoms. The molecule has 3 aromatic rings. The lowest BCUT2D eigenvalue weighted by molar-refractivity contribution is 0.151. The number of aliphatic hydroxyl groups excluding tert-OH is 1. The summed E-state index contributed by atoms with van der Waals surface area (Å²) in [5.74, 6) is 0.670. The largest absolute Gasteiger partial charge is 0.493 e. The van der Waals surface area contributed by atoms with Crippen LogP contribution in [-0.4, -0.2) is 88.4 Å². The van der Waals surface area contributed by atoms with Crippen LogP contribution in [0.15, 0.2) is 27.9 Å². The van der Waals surface area contributed by atoms with Gasteiger partial charge in [0.15, 0.2) is 5.52 Å². The van der Waals surface area contributed by atoms with Gasteiger partial charge in [0.2, 0.25) is 10.0 Å². The fourth-order valence-electron chi connectivity index (χ4n) is 4.39. The summed E-state index contributed by atoms with van der Waals surface area (Å²) in [5, 5.41) is 13.5. The first-order chi connectivity index (χ1) is 16.8. The van der Waals surface area contributed by atoms with Crippen LogP contribution in [0.25, 0.3) is 22.4 Å². The van der Waals surface area contributed by atoms with Gasteiger partial charge in [-0.15, -0.1) is 0 Å². The summed E-state index contributed by atoms with van der Waals surface area (Å²) in [6.07, 6.45) is 1.57. The Balaban J connectivity index is 1.78. The van der Waals surface area contributed by atoms with E-state index in [0.29, 0.717) is 62.6 Å². The number of ether oxygens (including phenoxy) is 1. The van der Waals surface area contributed by atoms with Crippen molar-refractivity contribution in [3.8, 4) is 17.1 Å². The second-order valence-electron chi connectivity index (χ2n) is 8.49. The van der Waals surface area contributed by atoms with Crippen molar-refractivity contribution in [2.24, 2.45) is 7.05 Å². The summed E-state index contributed by atoms with van der Waals surface area (Å²) in [6, 6.07) is 4.64. The Labute approximate surface area is 204 Å². The summed E-state index contributed by atoms with van der Waals surface area (Å²) in [4.78, 5) is 22.5. The summed E-state index contributed by atoms with van der Waals surface area (Å²) < 4.78 is 35.7. The standard InChI is InChI=1S/C23H32N6O5S/c1-4-6-18-20-21(26-27(18)3)23(31)25-22(24-20)17-15-16(7-8-19(17)34-5-2)35(32,33)29-11-9-28(10-12-29)13-14-30/h7-8,15,30H,4-6,9-14H2,1-3H3,(H,24,25,31). The topological polar surface area (TPSA) is 134 Å². The first kappa shape index (κ1) is 25.3. The summed E-state index contributed by atoms with van der Waals surface area (Å²) in [7, 11) is -1.99. The number of sulfonamides is 1. The quantitative estimate of drug-likeness (QED) is 0.440. The van der Waals surface area contributed by atoms with Crippen LogP contribution in [0.4, 0.5) is 0 Å². The van der Waals surface area contributed by atoms with Crippen LogP contribution in [0.2, 0.25) is 0 Å². The molecule has 11 nitrogen and oxygen atoms in total. The van der Waals surface area contributed by atoms with Crippen LogP contribution < -0.4 is 10.3 Å². The molecule has 0 radical (unpaired) electrons. The van der Waals surface area contributed by atoms with Gasteiger partial charge in [0.25, 0.3) is 5.56 Å². The maximum atomic E-state index is 13.4. The average Bonchev–Trinajstić information content (AvgIpc) is 3.16. The van der Waals surface area contributed by atoms with Gasteiger partial charge in [-0.1, -0.05) is 13.3 Å². The second-order valence-corrected chi connectivity index (χ2v) is 10.4. The number of β-amino-alcohol motifs (C(OH)–C–C–N with tert-alkyl or cyclic N) is 1. The molecule has 0 unspecified atom stereocenters. The number of rotatable bonds is 9. The lowest BCUT2D eigenvalue weighted by atomic mass is 10.1. The molecule has 1 aromatic carbocycles. The summed E-state index contributed by atoms with van der Waals surface area (Å²) in [5.41, 5.74) is 1.61. The molecule has 4 rings (SSSR count). The van der Waals surface area contributed by atoms with Crippen LogP contribution in [0.5, 0.6) is 5.75 Å². The van der Waals surface area contributed by atoms with Crippen LogP contribution in [0, 0.1) is 0 Å². The molecule has 1 saturated heterocycles. The minimum Gasteiger partial charge on any atom is -0.493 e. The first-order valence-corrected chi connectivity index (χ1v) is 13.3. The van der Waals surface area contributed by atoms with E-state index < -0.39 is 15.6 Å². The van der Waals surface area contributed by atoms with Crippen molar-refractivity contribution in [3.05, 3.63) is 34.2 Å². The molecule has 0 aliphatic carbocycles. The third kappa shape index (κ3) is 4.96. The number of H-pyrrole nitrogens is 1. The average molecular weight is 505 g/mol. The van der Waals surface area contributed by atoms with Crippen molar-refractivity contribution in [2.45, 2.75) is 31.6 Å². The lowest BCUT2D eigenvalue weighted by Gasteiger charge is -2.33. The van der Waals surface area contributed by atoms with Crippen LogP contribution in [0.1, 0.15) is 26.0 Å². The molecular formula is C23H32N6O5S. The maximum Gasteiger partial charge on any atom is 0.279 e. The monoisotopic (exact) mass is 504 g/mol. The van der Waals surface area contributed by atoms with E-state index in [1.165, 1.54) is 16.4 Å². The van der Waals surface area contributed by atoms with Gasteiger partial charge in [-0.05, 0) is 31.5 Å². The number of hydrogen-bond donors (Lipinski definition) is 2. The molecular weight excluding hydrogens is 472 g/mol. The van der Waals surface area contributed by atoms with Gasteiger partial charge >= 0.3 is 0 Å². The number of hydrogen-bond acceptors (Lipinski definition) is 8. The number of benzene rings is 1. The lowest BCUT2D eigenvalue weighted by Crippen LogP contribution is -2.49. The Bertz CT molecular complexity index is 1360. The molecule has 0 spiro atoms. The zero-order valence-corrected chi connectivity index (χ0v) is 21.1. The number of nitrogens with one attached hydrogen (secondary N) is 1. The number of fused-ring (bicyclic) bond motifs is 1. The molecule has 0 saturated carbocycles. The van der Waals surface area contributed by atoms with Crippen LogP contribution in [0.3, 0.4) is 0 Å². The van der Waals surface area contributed by atoms with Gasteiger partial charge in [-0.25, -0.2) is 13.4 Å². The van der Waals surface area contributed by atoms with Gasteiger partial charge in [0.05, 0.1) is 29.4 Å². The Morgan fingerprint density at radius 3 is 2.54 bits per heavy atom. The Kier molecular flexibility index (Phi) is 7.55. The third-order valence-corrected chi connectivity index (χ3v) is 8.08. The number of aliphatic hydroxyl groups is 1. The van der Waals surface area contributed by atoms with E-state index in [9.17, 15) is 13.2 Å². The highest BCUT2D eigenvalue weighted by Gasteiger charge is 2.29. The number of aromatic amines is 1. The van der Waals surface area contributed by atoms with E-state index in [0.717, 1.165) is 12.1 Å². The molecule has 2 aromatic heterocycles. The van der Waals surface area contributed by atoms with Gasteiger partial charge < -0.3 is 14.8 Å². The molecule has 1 aliphatic heterocycles. The van der Waals surface area contributed by atoms with Crippen molar-refractivity contribution in [1.29, 1.82) is 0 Å². The van der Waals surface area contributed by atoms with E-state index in [2.05, 4.69) is 10.1 Å². The minimum atomic E-state index is -3.78. The minimum absolute atomic E-state index is 0.0431. The van der Waals surface area contributed by atoms with Gasteiger partial charge in [0.1, 0.15) is 17.1 Å². The predicted octanol–water partition coefficient (Wildman–Crippen LogP) is 0.973. The number of nitrogens with zero attached hydrogens (tertiary/aromatic N) is 5. The SMILES string of the molecule is CCCc1c2nc(-c3cc(S(=O)(=O)N4CCN(CCO)CC4)ccc3OCC)[nH]c(=O)c2nn1C. The molecule has 0 atom stereocenters. The molecule has 3 heterocycles. The molecule has 1 aliphatic rings. The summed E-state index contributed by atoms with van der Waals surface area (Å²) >= 11 is 0. The number of aromatic nitrogens is 4. The first-order valence-electron chi connectivity index (χ1n) is 11.9. The van der Waals surface area contributed by atoms with Crippen molar-refractivity contribution in [3.63, 3.8) is 0 Å². The van der Waals surface area contributed by atoms with Crippen molar-refractivity contribution in [2.75, 3.05) is 45.9 Å². The molecule has 2 N–H and O–H groups in total. The Morgan fingerprint density at radius 2 is 1.89 bits per heavy atom. The molecule has 35 heavy (non-hydrogen) atoms. The van der Waals surface area contributed by atoms with Crippen molar-refractivity contribution in [1.82, 2.24) is 29.0 Å². The van der Waals surface area contributed by atoms with Gasteiger partial charge in [0, 0.05) is 39.8 Å². The second kappa shape index (κ2) is 10.4. The fourth-order valence-corrected chi connectivity index (χ4v) is 5.84. The van der Waals surface area contributed by atoms with E-state index in [1.54, 1.807) is 17.8 Å². The molecule has 0 bridgehead atoms. The highest BCUT2D eigenvalue weighted by molar-refractivity contribution is 7.89. The summed E-state index contributed by atoms with van der Waals surface area (Å²) in [6.45, 7) is 6.58. The smallest absolute Gasteiger partial charge is 0.279 e. The van der Waals surface area contributed by atoms with Crippen molar-refractivity contribution < 1.29 is 18.3 Å². The predicted molar refractivity (Wildman–Crippen MR) is 132 cm³/mol. The highest BCUT2D eigenvalue weighted by atomic mass is 32.2. The Morgan fingerprint density at radius 1 is 1.14 bits per heavy atom. The fraction of sp³-hybridized carbons (Fsp3) is 0.522. The van der Waals surface area contributed by atoms with E-state index >= 15 is 0 Å². The molecule has 190 valence electrons. The Hall–Kier alpha value is -2.80. The van der Waals surface area contributed by atoms with Gasteiger partial charge in [-0.2, -0.15) is 9.40 Å². The third-order valence-electron chi connectivity index (χ3n) is 6.19. The van der Waals surface area contributed by atoms with Crippen LogP contribution >= 0.6 is 0 Å². The highest BCUT2D eigenvalue weighted by Crippen LogP contribution is 2.32. The molecule has 1 fully saturated rings. The maximum absolute atomic E-state index is 13.4.